The fourth-order valence-corrected chi connectivity index (χ4v) is 3.65. The van der Waals surface area contributed by atoms with E-state index in [-0.39, 0.29) is 22.6 Å². The summed E-state index contributed by atoms with van der Waals surface area (Å²) in [5.74, 6) is -1.35. The van der Waals surface area contributed by atoms with Crippen molar-refractivity contribution in [3.8, 4) is 0 Å². The van der Waals surface area contributed by atoms with Crippen molar-refractivity contribution in [2.75, 3.05) is 0 Å². The first-order valence-electron chi connectivity index (χ1n) is 8.36. The molecule has 4 rings (SSSR count). The minimum Gasteiger partial charge on any atom is -0.443 e. The monoisotopic (exact) mass is 369 g/mol. The molecule has 3 aromatic rings. The van der Waals surface area contributed by atoms with E-state index >= 15 is 0 Å². The van der Waals surface area contributed by atoms with Crippen LogP contribution in [0.2, 0.25) is 0 Å². The maximum absolute atomic E-state index is 13.9. The van der Waals surface area contributed by atoms with Crippen LogP contribution in [0.25, 0.3) is 10.1 Å². The molecule has 0 aliphatic heterocycles. The molecular weight excluding hydrogens is 353 g/mol. The number of esters is 1. The Balaban J connectivity index is 1.60. The van der Waals surface area contributed by atoms with Gasteiger partial charge in [0.2, 0.25) is 6.10 Å². The zero-order valence-corrected chi connectivity index (χ0v) is 14.6. The molecule has 1 aromatic heterocycles. The van der Waals surface area contributed by atoms with Gasteiger partial charge in [0, 0.05) is 21.7 Å². The zero-order chi connectivity index (χ0) is 18.1. The van der Waals surface area contributed by atoms with Crippen molar-refractivity contribution in [1.82, 2.24) is 5.32 Å². The number of nitrogens with one attached hydrogen (secondary N) is 1. The van der Waals surface area contributed by atoms with Gasteiger partial charge in [-0.25, -0.2) is 9.18 Å². The summed E-state index contributed by atoms with van der Waals surface area (Å²) in [6, 6.07) is 15.2. The lowest BCUT2D eigenvalue weighted by Gasteiger charge is -2.17. The molecule has 1 saturated carbocycles. The number of fused-ring (bicyclic) bond motifs is 1. The Morgan fingerprint density at radius 2 is 1.88 bits per heavy atom. The normalized spacial score (nSPS) is 14.8. The molecule has 1 atom stereocenters. The molecule has 0 unspecified atom stereocenters. The van der Waals surface area contributed by atoms with Crippen molar-refractivity contribution in [2.24, 2.45) is 0 Å². The Bertz CT molecular complexity index is 966. The van der Waals surface area contributed by atoms with Crippen LogP contribution in [0.15, 0.2) is 54.6 Å². The van der Waals surface area contributed by atoms with Gasteiger partial charge in [0.25, 0.3) is 5.91 Å². The Labute approximate surface area is 153 Å². The Morgan fingerprint density at radius 3 is 2.58 bits per heavy atom. The lowest BCUT2D eigenvalue weighted by atomic mass is 10.1. The fraction of sp³-hybridized carbons (Fsp3) is 0.200. The summed E-state index contributed by atoms with van der Waals surface area (Å²) in [6.45, 7) is 0. The third kappa shape index (κ3) is 3.46. The standard InChI is InChI=1S/C20H16FNO3S/c21-15-7-4-8-16-14(15)11-17(26-16)20(24)25-18(12-5-2-1-3-6-12)19(23)22-13-9-10-13/h1-8,11,13,18H,9-10H2,(H,22,23)/t18-/m1/s1. The molecule has 26 heavy (non-hydrogen) atoms. The van der Waals surface area contributed by atoms with Gasteiger partial charge in [-0.05, 0) is 31.0 Å². The van der Waals surface area contributed by atoms with Crippen LogP contribution in [0.4, 0.5) is 4.39 Å². The molecule has 1 amide bonds. The molecule has 0 saturated heterocycles. The van der Waals surface area contributed by atoms with Crippen LogP contribution < -0.4 is 5.32 Å². The number of halogens is 1. The molecule has 132 valence electrons. The van der Waals surface area contributed by atoms with E-state index in [0.29, 0.717) is 15.6 Å². The number of amides is 1. The molecule has 1 aliphatic rings. The second kappa shape index (κ2) is 6.88. The SMILES string of the molecule is O=C(O[C@@H](C(=O)NC1CC1)c1ccccc1)c1cc2c(F)cccc2s1. The van der Waals surface area contributed by atoms with Gasteiger partial charge < -0.3 is 10.1 Å². The highest BCUT2D eigenvalue weighted by Gasteiger charge is 2.31. The molecule has 0 radical (unpaired) electrons. The predicted octanol–water partition coefficient (Wildman–Crippen LogP) is 4.22. The van der Waals surface area contributed by atoms with Crippen molar-refractivity contribution in [1.29, 1.82) is 0 Å². The van der Waals surface area contributed by atoms with Gasteiger partial charge >= 0.3 is 5.97 Å². The largest absolute Gasteiger partial charge is 0.443 e. The van der Waals surface area contributed by atoms with Crippen LogP contribution in [0.5, 0.6) is 0 Å². The topological polar surface area (TPSA) is 55.4 Å². The van der Waals surface area contributed by atoms with E-state index < -0.39 is 12.1 Å². The van der Waals surface area contributed by atoms with Gasteiger partial charge in [0.05, 0.1) is 0 Å². The van der Waals surface area contributed by atoms with Gasteiger partial charge in [0.15, 0.2) is 0 Å². The first-order chi connectivity index (χ1) is 12.6. The molecule has 6 heteroatoms. The predicted molar refractivity (Wildman–Crippen MR) is 97.5 cm³/mol. The molecule has 1 fully saturated rings. The third-order valence-corrected chi connectivity index (χ3v) is 5.28. The molecule has 1 N–H and O–H groups in total. The van der Waals surface area contributed by atoms with E-state index in [4.69, 9.17) is 4.74 Å². The van der Waals surface area contributed by atoms with E-state index in [0.717, 1.165) is 24.2 Å². The number of carbonyl (C=O) groups excluding carboxylic acids is 2. The van der Waals surface area contributed by atoms with Crippen molar-refractivity contribution in [2.45, 2.75) is 25.0 Å². The minimum atomic E-state index is -1.03. The summed E-state index contributed by atoms with van der Waals surface area (Å²) in [7, 11) is 0. The number of benzene rings is 2. The molecule has 0 spiro atoms. The highest BCUT2D eigenvalue weighted by molar-refractivity contribution is 7.20. The highest BCUT2D eigenvalue weighted by atomic mass is 32.1. The minimum absolute atomic E-state index is 0.158. The van der Waals surface area contributed by atoms with Crippen LogP contribution in [-0.2, 0) is 9.53 Å². The van der Waals surface area contributed by atoms with Crippen LogP contribution in [0.3, 0.4) is 0 Å². The highest BCUT2D eigenvalue weighted by Crippen LogP contribution is 2.30. The number of hydrogen-bond acceptors (Lipinski definition) is 4. The van der Waals surface area contributed by atoms with Gasteiger partial charge in [0.1, 0.15) is 10.7 Å². The van der Waals surface area contributed by atoms with E-state index in [1.54, 1.807) is 36.4 Å². The van der Waals surface area contributed by atoms with E-state index in [1.807, 2.05) is 6.07 Å². The molecule has 1 aliphatic carbocycles. The first kappa shape index (κ1) is 16.7. The van der Waals surface area contributed by atoms with E-state index in [9.17, 15) is 14.0 Å². The van der Waals surface area contributed by atoms with Gasteiger partial charge in [-0.15, -0.1) is 11.3 Å². The van der Waals surface area contributed by atoms with Crippen molar-refractivity contribution in [3.05, 3.63) is 70.9 Å². The van der Waals surface area contributed by atoms with Crippen LogP contribution >= 0.6 is 11.3 Å². The zero-order valence-electron chi connectivity index (χ0n) is 13.8. The number of ether oxygens (including phenoxy) is 1. The molecular formula is C20H16FNO3S. The molecule has 0 bridgehead atoms. The molecule has 2 aromatic carbocycles. The van der Waals surface area contributed by atoms with E-state index in [2.05, 4.69) is 5.32 Å². The summed E-state index contributed by atoms with van der Waals surface area (Å²) in [5, 5.41) is 3.25. The maximum Gasteiger partial charge on any atom is 0.349 e. The Hall–Kier alpha value is -2.73. The molecule has 1 heterocycles. The number of carbonyl (C=O) groups is 2. The van der Waals surface area contributed by atoms with Crippen LogP contribution in [-0.4, -0.2) is 17.9 Å². The van der Waals surface area contributed by atoms with E-state index in [1.165, 1.54) is 12.1 Å². The lowest BCUT2D eigenvalue weighted by Crippen LogP contribution is -2.33. The first-order valence-corrected chi connectivity index (χ1v) is 9.18. The van der Waals surface area contributed by atoms with Crippen molar-refractivity contribution in [3.63, 3.8) is 0 Å². The number of thiophene rings is 1. The summed E-state index contributed by atoms with van der Waals surface area (Å²) in [4.78, 5) is 25.4. The summed E-state index contributed by atoms with van der Waals surface area (Å²) in [5.41, 5.74) is 0.603. The Morgan fingerprint density at radius 1 is 1.12 bits per heavy atom. The summed E-state index contributed by atoms with van der Waals surface area (Å²) >= 11 is 1.15. The van der Waals surface area contributed by atoms with Crippen LogP contribution in [0, 0.1) is 5.82 Å². The summed E-state index contributed by atoms with van der Waals surface area (Å²) < 4.78 is 20.0. The Kier molecular flexibility index (Phi) is 4.42. The maximum atomic E-state index is 13.9. The van der Waals surface area contributed by atoms with Gasteiger partial charge in [-0.1, -0.05) is 36.4 Å². The summed E-state index contributed by atoms with van der Waals surface area (Å²) in [6.07, 6.45) is 0.854. The third-order valence-electron chi connectivity index (χ3n) is 4.20. The average molecular weight is 369 g/mol. The number of rotatable bonds is 5. The van der Waals surface area contributed by atoms with Gasteiger partial charge in [-0.3, -0.25) is 4.79 Å². The number of hydrogen-bond donors (Lipinski definition) is 1. The average Bonchev–Trinajstić information content (AvgIpc) is 3.34. The van der Waals surface area contributed by atoms with Crippen molar-refractivity contribution >= 4 is 33.3 Å². The lowest BCUT2D eigenvalue weighted by molar-refractivity contribution is -0.130. The fourth-order valence-electron chi connectivity index (χ4n) is 2.70. The second-order valence-electron chi connectivity index (χ2n) is 6.24. The van der Waals surface area contributed by atoms with Crippen molar-refractivity contribution < 1.29 is 18.7 Å². The quantitative estimate of drug-likeness (QED) is 0.685. The smallest absolute Gasteiger partial charge is 0.349 e. The molecule has 4 nitrogen and oxygen atoms in total. The second-order valence-corrected chi connectivity index (χ2v) is 7.32. The van der Waals surface area contributed by atoms with Crippen LogP contribution in [0.1, 0.15) is 34.2 Å². The van der Waals surface area contributed by atoms with Gasteiger partial charge in [-0.2, -0.15) is 0 Å².